The number of ether oxygens (including phenoxy) is 2. The fourth-order valence-electron chi connectivity index (χ4n) is 3.31. The lowest BCUT2D eigenvalue weighted by Gasteiger charge is -2.31. The molecule has 1 aliphatic heterocycles. The highest BCUT2D eigenvalue weighted by Gasteiger charge is 2.27. The van der Waals surface area contributed by atoms with Crippen LogP contribution in [-0.4, -0.2) is 61.9 Å². The van der Waals surface area contributed by atoms with E-state index in [1.54, 1.807) is 43.2 Å². The van der Waals surface area contributed by atoms with Gasteiger partial charge < -0.3 is 25.0 Å². The van der Waals surface area contributed by atoms with Gasteiger partial charge in [0.15, 0.2) is 0 Å². The van der Waals surface area contributed by atoms with Gasteiger partial charge in [-0.3, -0.25) is 19.2 Å². The van der Waals surface area contributed by atoms with E-state index < -0.39 is 5.97 Å². The molecular formula is C22H31N3O6. The number of piperidine rings is 1. The van der Waals surface area contributed by atoms with Gasteiger partial charge in [-0.2, -0.15) is 0 Å². The van der Waals surface area contributed by atoms with Crippen LogP contribution in [0.1, 0.15) is 39.0 Å². The molecule has 0 bridgehead atoms. The number of amides is 3. The van der Waals surface area contributed by atoms with Crippen LogP contribution in [0.2, 0.25) is 0 Å². The number of likely N-dealkylation sites (tertiary alicyclic amines) is 1. The van der Waals surface area contributed by atoms with Crippen molar-refractivity contribution in [2.45, 2.75) is 39.0 Å². The minimum Gasteiger partial charge on any atom is -0.497 e. The second-order valence-corrected chi connectivity index (χ2v) is 7.28. The average Bonchev–Trinajstić information content (AvgIpc) is 2.78. The van der Waals surface area contributed by atoms with Crippen molar-refractivity contribution in [3.05, 3.63) is 24.3 Å². The monoisotopic (exact) mass is 433 g/mol. The fraction of sp³-hybridized carbons (Fsp3) is 0.545. The van der Waals surface area contributed by atoms with Crippen LogP contribution in [0.25, 0.3) is 0 Å². The van der Waals surface area contributed by atoms with Gasteiger partial charge in [0.1, 0.15) is 5.75 Å². The lowest BCUT2D eigenvalue weighted by Crippen LogP contribution is -2.42. The predicted octanol–water partition coefficient (Wildman–Crippen LogP) is 1.72. The van der Waals surface area contributed by atoms with E-state index in [4.69, 9.17) is 9.47 Å². The lowest BCUT2D eigenvalue weighted by molar-refractivity contribution is -0.144. The second kappa shape index (κ2) is 12.6. The van der Waals surface area contributed by atoms with Crippen molar-refractivity contribution in [2.24, 2.45) is 5.92 Å². The number of esters is 1. The molecule has 0 aromatic heterocycles. The van der Waals surface area contributed by atoms with Crippen molar-refractivity contribution >= 4 is 29.4 Å². The van der Waals surface area contributed by atoms with E-state index in [0.29, 0.717) is 31.6 Å². The molecule has 0 saturated carbocycles. The Balaban J connectivity index is 1.64. The number of hydrogen-bond acceptors (Lipinski definition) is 6. The zero-order valence-electron chi connectivity index (χ0n) is 18.1. The number of carbonyl (C=O) groups excluding carboxylic acids is 4. The van der Waals surface area contributed by atoms with E-state index in [9.17, 15) is 19.2 Å². The first kappa shape index (κ1) is 24.2. The first-order valence-corrected chi connectivity index (χ1v) is 10.6. The van der Waals surface area contributed by atoms with E-state index in [1.807, 2.05) is 0 Å². The summed E-state index contributed by atoms with van der Waals surface area (Å²) in [4.78, 5) is 49.5. The third-order valence-corrected chi connectivity index (χ3v) is 5.10. The molecule has 2 N–H and O–H groups in total. The number of nitrogens with one attached hydrogen (secondary N) is 2. The van der Waals surface area contributed by atoms with Crippen molar-refractivity contribution in [1.82, 2.24) is 10.2 Å². The third-order valence-electron chi connectivity index (χ3n) is 5.10. The van der Waals surface area contributed by atoms with Gasteiger partial charge in [-0.25, -0.2) is 0 Å². The summed E-state index contributed by atoms with van der Waals surface area (Å²) >= 11 is 0. The zero-order chi connectivity index (χ0) is 22.6. The summed E-state index contributed by atoms with van der Waals surface area (Å²) < 4.78 is 9.87. The van der Waals surface area contributed by atoms with Gasteiger partial charge in [-0.05, 0) is 44.0 Å². The van der Waals surface area contributed by atoms with Crippen molar-refractivity contribution in [2.75, 3.05) is 38.7 Å². The van der Waals surface area contributed by atoms with Crippen LogP contribution in [0.5, 0.6) is 5.75 Å². The molecule has 0 atom stereocenters. The van der Waals surface area contributed by atoms with Crippen LogP contribution in [0.3, 0.4) is 0 Å². The summed E-state index contributed by atoms with van der Waals surface area (Å²) in [5, 5.41) is 5.55. The molecule has 3 amide bonds. The lowest BCUT2D eigenvalue weighted by atomic mass is 9.95. The third kappa shape index (κ3) is 8.27. The Morgan fingerprint density at radius 2 is 1.71 bits per heavy atom. The fourth-order valence-corrected chi connectivity index (χ4v) is 3.31. The smallest absolute Gasteiger partial charge is 0.306 e. The summed E-state index contributed by atoms with van der Waals surface area (Å²) in [5.74, 6) is -0.220. The standard InChI is InChI=1S/C22H31N3O6/c1-3-31-21(28)9-8-19(26)23-13-10-20(27)25-14-11-16(12-15-25)22(29)24-17-4-6-18(30-2)7-5-17/h4-7,16H,3,8-15H2,1-2H3,(H,23,26)(H,24,29). The molecule has 9 nitrogen and oxygen atoms in total. The maximum atomic E-state index is 12.5. The van der Waals surface area contributed by atoms with Crippen molar-refractivity contribution < 1.29 is 28.7 Å². The van der Waals surface area contributed by atoms with Crippen molar-refractivity contribution in [3.63, 3.8) is 0 Å². The number of hydrogen-bond donors (Lipinski definition) is 2. The highest BCUT2D eigenvalue weighted by molar-refractivity contribution is 5.92. The zero-order valence-corrected chi connectivity index (χ0v) is 18.1. The number of nitrogens with zero attached hydrogens (tertiary/aromatic N) is 1. The highest BCUT2D eigenvalue weighted by atomic mass is 16.5. The molecule has 2 rings (SSSR count). The van der Waals surface area contributed by atoms with E-state index in [2.05, 4.69) is 10.6 Å². The maximum absolute atomic E-state index is 12.5. The molecule has 1 heterocycles. The molecule has 1 fully saturated rings. The molecule has 1 saturated heterocycles. The summed E-state index contributed by atoms with van der Waals surface area (Å²) in [6, 6.07) is 7.14. The molecule has 1 aliphatic rings. The van der Waals surface area contributed by atoms with E-state index in [-0.39, 0.29) is 56.1 Å². The molecule has 0 unspecified atom stereocenters. The Morgan fingerprint density at radius 3 is 2.32 bits per heavy atom. The van der Waals surface area contributed by atoms with Crippen LogP contribution in [0.15, 0.2) is 24.3 Å². The normalized spacial score (nSPS) is 13.9. The number of rotatable bonds is 10. The molecule has 170 valence electrons. The average molecular weight is 434 g/mol. The minimum absolute atomic E-state index is 0.0275. The van der Waals surface area contributed by atoms with Crippen LogP contribution in [0, 0.1) is 5.92 Å². The molecule has 0 spiro atoms. The Labute approximate surface area is 182 Å². The summed E-state index contributed by atoms with van der Waals surface area (Å²) in [5.41, 5.74) is 0.711. The molecule has 0 aliphatic carbocycles. The first-order valence-electron chi connectivity index (χ1n) is 10.6. The molecule has 1 aromatic carbocycles. The highest BCUT2D eigenvalue weighted by Crippen LogP contribution is 2.21. The molecule has 31 heavy (non-hydrogen) atoms. The maximum Gasteiger partial charge on any atom is 0.306 e. The predicted molar refractivity (Wildman–Crippen MR) is 114 cm³/mol. The first-order chi connectivity index (χ1) is 14.9. The van der Waals surface area contributed by atoms with Crippen molar-refractivity contribution in [3.8, 4) is 5.75 Å². The molecule has 1 aromatic rings. The Kier molecular flexibility index (Phi) is 9.80. The van der Waals surface area contributed by atoms with Crippen molar-refractivity contribution in [1.29, 1.82) is 0 Å². The Bertz CT molecular complexity index is 757. The molecule has 9 heteroatoms. The van der Waals surface area contributed by atoms with Crippen LogP contribution in [0.4, 0.5) is 5.69 Å². The molecule has 0 radical (unpaired) electrons. The van der Waals surface area contributed by atoms with E-state index >= 15 is 0 Å². The number of anilines is 1. The SMILES string of the molecule is CCOC(=O)CCC(=O)NCCC(=O)N1CCC(C(=O)Nc2ccc(OC)cc2)CC1. The summed E-state index contributed by atoms with van der Waals surface area (Å²) in [6.07, 6.45) is 1.45. The summed E-state index contributed by atoms with van der Waals surface area (Å²) in [7, 11) is 1.59. The van der Waals surface area contributed by atoms with Crippen LogP contribution in [-0.2, 0) is 23.9 Å². The Hall–Kier alpha value is -3.10. The van der Waals surface area contributed by atoms with Gasteiger partial charge in [0.25, 0.3) is 0 Å². The largest absolute Gasteiger partial charge is 0.497 e. The van der Waals surface area contributed by atoms with Crippen LogP contribution < -0.4 is 15.4 Å². The molecular weight excluding hydrogens is 402 g/mol. The second-order valence-electron chi connectivity index (χ2n) is 7.28. The van der Waals surface area contributed by atoms with Gasteiger partial charge in [0.2, 0.25) is 17.7 Å². The number of methoxy groups -OCH3 is 1. The number of benzene rings is 1. The van der Waals surface area contributed by atoms with Gasteiger partial charge >= 0.3 is 5.97 Å². The van der Waals surface area contributed by atoms with Gasteiger partial charge in [0.05, 0.1) is 20.1 Å². The minimum atomic E-state index is -0.410. The quantitative estimate of drug-likeness (QED) is 0.543. The van der Waals surface area contributed by atoms with Gasteiger partial charge in [-0.1, -0.05) is 0 Å². The topological polar surface area (TPSA) is 114 Å². The Morgan fingerprint density at radius 1 is 1.03 bits per heavy atom. The van der Waals surface area contributed by atoms with Gasteiger partial charge in [0, 0.05) is 44.1 Å². The number of carbonyl (C=O) groups is 4. The van der Waals surface area contributed by atoms with Crippen LogP contribution >= 0.6 is 0 Å². The van der Waals surface area contributed by atoms with E-state index in [0.717, 1.165) is 5.75 Å². The van der Waals surface area contributed by atoms with E-state index in [1.165, 1.54) is 0 Å². The van der Waals surface area contributed by atoms with Gasteiger partial charge in [-0.15, -0.1) is 0 Å². The summed E-state index contributed by atoms with van der Waals surface area (Å²) in [6.45, 7) is 3.24.